The molecule has 188 valence electrons. The molecule has 34 heavy (non-hydrogen) atoms. The van der Waals surface area contributed by atoms with Crippen molar-refractivity contribution in [1.82, 2.24) is 10.6 Å². The average Bonchev–Trinajstić information content (AvgIpc) is 3.44. The van der Waals surface area contributed by atoms with Gasteiger partial charge in [-0.05, 0) is 32.8 Å². The van der Waals surface area contributed by atoms with Crippen molar-refractivity contribution in [3.8, 4) is 0 Å². The lowest BCUT2D eigenvalue weighted by Crippen LogP contribution is -2.50. The number of hydrogen-bond acceptors (Lipinski definition) is 8. The van der Waals surface area contributed by atoms with Crippen LogP contribution in [-0.2, 0) is 30.2 Å². The van der Waals surface area contributed by atoms with Gasteiger partial charge in [0, 0.05) is 33.1 Å². The van der Waals surface area contributed by atoms with E-state index in [9.17, 15) is 9.59 Å². The van der Waals surface area contributed by atoms with Gasteiger partial charge in [0.25, 0.3) is 5.91 Å². The van der Waals surface area contributed by atoms with E-state index in [1.807, 2.05) is 30.3 Å². The SMILES string of the molecule is CO[C@H]1[C@H](OC)[C@H](C(=O)N[C@@H](Cc2ccccc2)C2=NCCS2)O[C@@H]1CNC(=O)OC(C)(C)C. The molecular weight excluding hydrogens is 458 g/mol. The Hall–Kier alpha value is -2.14. The second-order valence-corrected chi connectivity index (χ2v) is 10.3. The number of aliphatic imine (C=N–C) groups is 1. The van der Waals surface area contributed by atoms with E-state index in [1.165, 1.54) is 14.2 Å². The van der Waals surface area contributed by atoms with Crippen molar-refractivity contribution in [1.29, 1.82) is 0 Å². The summed E-state index contributed by atoms with van der Waals surface area (Å²) in [5, 5.41) is 6.72. The van der Waals surface area contributed by atoms with Crippen molar-refractivity contribution in [3.63, 3.8) is 0 Å². The molecule has 0 saturated carbocycles. The number of thioether (sulfide) groups is 1. The van der Waals surface area contributed by atoms with Crippen molar-refractivity contribution in [3.05, 3.63) is 35.9 Å². The molecule has 5 atom stereocenters. The lowest BCUT2D eigenvalue weighted by molar-refractivity contribution is -0.137. The number of ether oxygens (including phenoxy) is 4. The van der Waals surface area contributed by atoms with Crippen LogP contribution >= 0.6 is 11.8 Å². The maximum atomic E-state index is 13.4. The van der Waals surface area contributed by atoms with Crippen molar-refractivity contribution >= 4 is 28.8 Å². The molecule has 0 aromatic heterocycles. The number of carbonyl (C=O) groups excluding carboxylic acids is 2. The van der Waals surface area contributed by atoms with Gasteiger partial charge in [-0.25, -0.2) is 4.79 Å². The lowest BCUT2D eigenvalue weighted by Gasteiger charge is -2.24. The minimum absolute atomic E-state index is 0.118. The van der Waals surface area contributed by atoms with Gasteiger partial charge in [0.1, 0.15) is 23.9 Å². The third-order valence-electron chi connectivity index (χ3n) is 5.47. The maximum absolute atomic E-state index is 13.4. The Kier molecular flexibility index (Phi) is 9.35. The Labute approximate surface area is 205 Å². The normalized spacial score (nSPS) is 25.5. The first-order chi connectivity index (χ1) is 16.2. The number of nitrogens with zero attached hydrogens (tertiary/aromatic N) is 1. The van der Waals surface area contributed by atoms with E-state index in [0.29, 0.717) is 6.42 Å². The Morgan fingerprint density at radius 3 is 2.47 bits per heavy atom. The molecule has 2 N–H and O–H groups in total. The molecule has 0 aliphatic carbocycles. The third-order valence-corrected chi connectivity index (χ3v) is 6.56. The van der Waals surface area contributed by atoms with Crippen LogP contribution in [-0.4, -0.2) is 86.2 Å². The van der Waals surface area contributed by atoms with E-state index in [-0.39, 0.29) is 18.5 Å². The number of alkyl carbamates (subject to hydrolysis) is 1. The van der Waals surface area contributed by atoms with Crippen molar-refractivity contribution in [2.24, 2.45) is 4.99 Å². The second kappa shape index (κ2) is 12.0. The topological polar surface area (TPSA) is 107 Å². The van der Waals surface area contributed by atoms with Gasteiger partial charge in [0.05, 0.1) is 11.1 Å². The van der Waals surface area contributed by atoms with E-state index in [2.05, 4.69) is 15.6 Å². The molecule has 9 nitrogen and oxygen atoms in total. The molecule has 1 saturated heterocycles. The molecule has 0 radical (unpaired) electrons. The zero-order valence-electron chi connectivity index (χ0n) is 20.4. The molecule has 0 bridgehead atoms. The number of hydrogen-bond donors (Lipinski definition) is 2. The van der Waals surface area contributed by atoms with Crippen LogP contribution in [0.25, 0.3) is 0 Å². The number of benzene rings is 1. The molecule has 2 aliphatic heterocycles. The van der Waals surface area contributed by atoms with E-state index in [1.54, 1.807) is 32.5 Å². The smallest absolute Gasteiger partial charge is 0.407 e. The number of nitrogens with one attached hydrogen (secondary N) is 2. The Morgan fingerprint density at radius 2 is 1.88 bits per heavy atom. The summed E-state index contributed by atoms with van der Waals surface area (Å²) in [6, 6.07) is 9.72. The van der Waals surface area contributed by atoms with Gasteiger partial charge >= 0.3 is 6.09 Å². The van der Waals surface area contributed by atoms with Crippen LogP contribution in [0.4, 0.5) is 4.79 Å². The quantitative estimate of drug-likeness (QED) is 0.543. The van der Waals surface area contributed by atoms with Crippen LogP contribution in [0.15, 0.2) is 35.3 Å². The summed E-state index contributed by atoms with van der Waals surface area (Å²) < 4.78 is 22.5. The molecular formula is C24H35N3O6S. The summed E-state index contributed by atoms with van der Waals surface area (Å²) >= 11 is 1.66. The summed E-state index contributed by atoms with van der Waals surface area (Å²) in [4.78, 5) is 30.0. The molecule has 0 spiro atoms. The van der Waals surface area contributed by atoms with E-state index in [4.69, 9.17) is 18.9 Å². The summed E-state index contributed by atoms with van der Waals surface area (Å²) in [5.74, 6) is 0.603. The van der Waals surface area contributed by atoms with Crippen molar-refractivity contribution in [2.75, 3.05) is 33.1 Å². The van der Waals surface area contributed by atoms with Crippen LogP contribution in [0.3, 0.4) is 0 Å². The predicted molar refractivity (Wildman–Crippen MR) is 131 cm³/mol. The van der Waals surface area contributed by atoms with Gasteiger partial charge in [0.2, 0.25) is 0 Å². The highest BCUT2D eigenvalue weighted by Gasteiger charge is 2.49. The summed E-state index contributed by atoms with van der Waals surface area (Å²) in [6.45, 7) is 6.23. The van der Waals surface area contributed by atoms with E-state index >= 15 is 0 Å². The fraction of sp³-hybridized carbons (Fsp3) is 0.625. The number of methoxy groups -OCH3 is 2. The van der Waals surface area contributed by atoms with Crippen LogP contribution in [0, 0.1) is 0 Å². The highest BCUT2D eigenvalue weighted by Crippen LogP contribution is 2.27. The van der Waals surface area contributed by atoms with Gasteiger partial charge < -0.3 is 29.6 Å². The van der Waals surface area contributed by atoms with Gasteiger partial charge in [-0.15, -0.1) is 11.8 Å². The number of amides is 2. The number of carbonyl (C=O) groups is 2. The van der Waals surface area contributed by atoms with Gasteiger partial charge in [0.15, 0.2) is 6.10 Å². The molecule has 2 heterocycles. The average molecular weight is 494 g/mol. The minimum Gasteiger partial charge on any atom is -0.444 e. The second-order valence-electron chi connectivity index (χ2n) is 9.20. The Bertz CT molecular complexity index is 860. The fourth-order valence-corrected chi connectivity index (χ4v) is 4.93. The van der Waals surface area contributed by atoms with Crippen molar-refractivity contribution in [2.45, 2.75) is 63.3 Å². The zero-order chi connectivity index (χ0) is 24.7. The highest BCUT2D eigenvalue weighted by molar-refractivity contribution is 8.14. The molecule has 2 amide bonds. The largest absolute Gasteiger partial charge is 0.444 e. The van der Waals surface area contributed by atoms with Crippen LogP contribution in [0.1, 0.15) is 26.3 Å². The van der Waals surface area contributed by atoms with Gasteiger partial charge in [-0.1, -0.05) is 30.3 Å². The predicted octanol–water partition coefficient (Wildman–Crippen LogP) is 2.18. The first-order valence-corrected chi connectivity index (χ1v) is 12.4. The molecule has 1 aromatic carbocycles. The van der Waals surface area contributed by atoms with Gasteiger partial charge in [-0.2, -0.15) is 0 Å². The lowest BCUT2D eigenvalue weighted by atomic mass is 10.0. The first-order valence-electron chi connectivity index (χ1n) is 11.4. The standard InChI is InChI=1S/C24H35N3O6S/c1-24(2,3)33-23(29)26-14-17-18(30-4)19(31-5)20(32-17)21(28)27-16(22-25-11-12-34-22)13-15-9-7-6-8-10-15/h6-10,16-20H,11-14H2,1-5H3,(H,26,29)(H,27,28)/t16-,17+,18+,19-,20+/m0/s1. The van der Waals surface area contributed by atoms with Gasteiger partial charge in [-0.3, -0.25) is 9.79 Å². The minimum atomic E-state index is -0.898. The Morgan fingerprint density at radius 1 is 1.18 bits per heavy atom. The summed E-state index contributed by atoms with van der Waals surface area (Å²) in [6.07, 6.45) is -2.59. The fourth-order valence-electron chi connectivity index (χ4n) is 4.01. The zero-order valence-corrected chi connectivity index (χ0v) is 21.2. The molecule has 10 heteroatoms. The monoisotopic (exact) mass is 493 g/mol. The summed E-state index contributed by atoms with van der Waals surface area (Å²) in [5.41, 5.74) is 0.487. The highest BCUT2D eigenvalue weighted by atomic mass is 32.2. The first kappa shape index (κ1) is 26.5. The van der Waals surface area contributed by atoms with Crippen molar-refractivity contribution < 1.29 is 28.5 Å². The molecule has 0 unspecified atom stereocenters. The van der Waals surface area contributed by atoms with Crippen LogP contribution < -0.4 is 10.6 Å². The third kappa shape index (κ3) is 7.18. The summed E-state index contributed by atoms with van der Waals surface area (Å²) in [7, 11) is 3.05. The number of rotatable bonds is 9. The van der Waals surface area contributed by atoms with Crippen LogP contribution in [0.2, 0.25) is 0 Å². The Balaban J connectivity index is 1.68. The van der Waals surface area contributed by atoms with E-state index in [0.717, 1.165) is 22.9 Å². The molecule has 1 fully saturated rings. The molecule has 2 aliphatic rings. The molecule has 1 aromatic rings. The van der Waals surface area contributed by atoms with Crippen LogP contribution in [0.5, 0.6) is 0 Å². The maximum Gasteiger partial charge on any atom is 0.407 e. The molecule has 3 rings (SSSR count). The van der Waals surface area contributed by atoms with E-state index < -0.39 is 36.1 Å².